The van der Waals surface area contributed by atoms with Crippen LogP contribution in [0.1, 0.15) is 5.56 Å². The Morgan fingerprint density at radius 3 is 1.90 bits per heavy atom. The average Bonchev–Trinajstić information content (AvgIpc) is 3.70. The molecule has 0 saturated carbocycles. The van der Waals surface area contributed by atoms with Gasteiger partial charge in [-0.2, -0.15) is 5.26 Å². The van der Waals surface area contributed by atoms with E-state index < -0.39 is 0 Å². The first-order valence-corrected chi connectivity index (χ1v) is 13.6. The van der Waals surface area contributed by atoms with Crippen LogP contribution in [0.4, 0.5) is 0 Å². The Bertz CT molecular complexity index is 2500. The first-order chi connectivity index (χ1) is 20.3. The number of benzene rings is 6. The van der Waals surface area contributed by atoms with Gasteiger partial charge in [0.15, 0.2) is 11.2 Å². The lowest BCUT2D eigenvalue weighted by atomic mass is 9.94. The summed E-state index contributed by atoms with van der Waals surface area (Å²) in [5.74, 6) is 0. The summed E-state index contributed by atoms with van der Waals surface area (Å²) >= 11 is 0. The Balaban J connectivity index is 1.43. The smallest absolute Gasteiger partial charge is 0.159 e. The molecular formula is C37H20N2O2. The summed E-state index contributed by atoms with van der Waals surface area (Å²) in [7, 11) is 0. The molecule has 4 heteroatoms. The maximum Gasteiger partial charge on any atom is 0.159 e. The highest BCUT2D eigenvalue weighted by atomic mass is 16.3. The van der Waals surface area contributed by atoms with Gasteiger partial charge in [0.1, 0.15) is 17.2 Å². The Hall–Kier alpha value is -5.79. The van der Waals surface area contributed by atoms with E-state index in [4.69, 9.17) is 8.83 Å². The largest absolute Gasteiger partial charge is 0.456 e. The Morgan fingerprint density at radius 2 is 1.12 bits per heavy atom. The lowest BCUT2D eigenvalue weighted by Crippen LogP contribution is -1.94. The maximum atomic E-state index is 10.1. The van der Waals surface area contributed by atoms with E-state index in [1.807, 2.05) is 42.5 Å². The van der Waals surface area contributed by atoms with Gasteiger partial charge in [-0.15, -0.1) is 0 Å². The van der Waals surface area contributed by atoms with Crippen LogP contribution in [0.2, 0.25) is 0 Å². The van der Waals surface area contributed by atoms with Gasteiger partial charge >= 0.3 is 0 Å². The summed E-state index contributed by atoms with van der Waals surface area (Å²) in [6, 6.07) is 43.7. The molecule has 3 aromatic heterocycles. The Labute approximate surface area is 233 Å². The molecule has 0 N–H and O–H groups in total. The van der Waals surface area contributed by atoms with Crippen LogP contribution >= 0.6 is 0 Å². The SMILES string of the molecule is N#Cc1ccc(-c2cccc3oc4ccccc4c23)c2c1oc1c(-n3c4ccccc4c4ccccc43)cccc12. The van der Waals surface area contributed by atoms with Gasteiger partial charge in [0, 0.05) is 32.3 Å². The van der Waals surface area contributed by atoms with Gasteiger partial charge in [0.05, 0.1) is 22.3 Å². The van der Waals surface area contributed by atoms with Crippen LogP contribution in [0.15, 0.2) is 130 Å². The monoisotopic (exact) mass is 524 g/mol. The fraction of sp³-hybridized carbons (Fsp3) is 0. The second kappa shape index (κ2) is 8.11. The molecule has 0 atom stereocenters. The van der Waals surface area contributed by atoms with Gasteiger partial charge in [0.2, 0.25) is 0 Å². The van der Waals surface area contributed by atoms with E-state index in [2.05, 4.69) is 89.5 Å². The molecule has 4 nitrogen and oxygen atoms in total. The van der Waals surface area contributed by atoms with Crippen molar-refractivity contribution in [2.45, 2.75) is 0 Å². The molecule has 0 radical (unpaired) electrons. The molecule has 0 aliphatic rings. The van der Waals surface area contributed by atoms with Crippen LogP contribution < -0.4 is 0 Å². The van der Waals surface area contributed by atoms with Gasteiger partial charge in [-0.05, 0) is 47.5 Å². The molecule has 6 aromatic carbocycles. The van der Waals surface area contributed by atoms with Crippen LogP contribution in [-0.4, -0.2) is 4.57 Å². The van der Waals surface area contributed by atoms with Crippen molar-refractivity contribution >= 4 is 65.7 Å². The van der Waals surface area contributed by atoms with Crippen LogP contribution in [0.3, 0.4) is 0 Å². The van der Waals surface area contributed by atoms with Crippen molar-refractivity contribution in [3.8, 4) is 22.9 Å². The second-order valence-corrected chi connectivity index (χ2v) is 10.4. The van der Waals surface area contributed by atoms with Crippen LogP contribution in [0, 0.1) is 11.3 Å². The van der Waals surface area contributed by atoms with E-state index in [0.29, 0.717) is 11.1 Å². The Morgan fingerprint density at radius 1 is 0.488 bits per heavy atom. The minimum atomic E-state index is 0.511. The van der Waals surface area contributed by atoms with E-state index in [9.17, 15) is 5.26 Å². The molecule has 0 aliphatic carbocycles. The van der Waals surface area contributed by atoms with Gasteiger partial charge < -0.3 is 13.4 Å². The summed E-state index contributed by atoms with van der Waals surface area (Å²) in [6.45, 7) is 0. The van der Waals surface area contributed by atoms with E-state index >= 15 is 0 Å². The molecule has 0 fully saturated rings. The highest BCUT2D eigenvalue weighted by Crippen LogP contribution is 2.45. The van der Waals surface area contributed by atoms with Crippen molar-refractivity contribution in [1.82, 2.24) is 4.57 Å². The lowest BCUT2D eigenvalue weighted by Gasteiger charge is -2.09. The fourth-order valence-electron chi connectivity index (χ4n) is 6.56. The third-order valence-corrected chi connectivity index (χ3v) is 8.26. The number of hydrogen-bond donors (Lipinski definition) is 0. The average molecular weight is 525 g/mol. The molecular weight excluding hydrogens is 504 g/mol. The number of hydrogen-bond acceptors (Lipinski definition) is 3. The van der Waals surface area contributed by atoms with Crippen molar-refractivity contribution in [1.29, 1.82) is 5.26 Å². The molecule has 9 aromatic rings. The van der Waals surface area contributed by atoms with Gasteiger partial charge in [-0.3, -0.25) is 0 Å². The van der Waals surface area contributed by atoms with Crippen molar-refractivity contribution in [3.63, 3.8) is 0 Å². The molecule has 0 unspecified atom stereocenters. The Kier molecular flexibility index (Phi) is 4.37. The molecule has 0 aliphatic heterocycles. The highest BCUT2D eigenvalue weighted by molar-refractivity contribution is 6.21. The topological polar surface area (TPSA) is 55.0 Å². The molecule has 0 amide bonds. The zero-order chi connectivity index (χ0) is 27.1. The van der Waals surface area contributed by atoms with E-state index in [1.165, 1.54) is 10.8 Å². The number of fused-ring (bicyclic) bond motifs is 9. The van der Waals surface area contributed by atoms with Gasteiger partial charge in [-0.25, -0.2) is 0 Å². The van der Waals surface area contributed by atoms with Crippen molar-refractivity contribution in [2.24, 2.45) is 0 Å². The number of nitrogens with zero attached hydrogens (tertiary/aromatic N) is 2. The summed E-state index contributed by atoms with van der Waals surface area (Å²) in [5.41, 5.74) is 8.76. The van der Waals surface area contributed by atoms with Crippen molar-refractivity contribution < 1.29 is 8.83 Å². The summed E-state index contributed by atoms with van der Waals surface area (Å²) < 4.78 is 15.2. The first kappa shape index (κ1) is 22.1. The quantitative estimate of drug-likeness (QED) is 0.226. The third-order valence-electron chi connectivity index (χ3n) is 8.26. The minimum absolute atomic E-state index is 0.511. The van der Waals surface area contributed by atoms with Crippen molar-refractivity contribution in [2.75, 3.05) is 0 Å². The van der Waals surface area contributed by atoms with E-state index in [0.717, 1.165) is 66.1 Å². The zero-order valence-corrected chi connectivity index (χ0v) is 21.8. The normalized spacial score (nSPS) is 11.9. The molecule has 0 spiro atoms. The number of para-hydroxylation sites is 4. The molecule has 0 bridgehead atoms. The van der Waals surface area contributed by atoms with E-state index in [-0.39, 0.29) is 0 Å². The molecule has 3 heterocycles. The fourth-order valence-corrected chi connectivity index (χ4v) is 6.56. The van der Waals surface area contributed by atoms with Gasteiger partial charge in [0.25, 0.3) is 0 Å². The minimum Gasteiger partial charge on any atom is -0.456 e. The maximum absolute atomic E-state index is 10.1. The molecule has 0 saturated heterocycles. The summed E-state index contributed by atoms with van der Waals surface area (Å²) in [5, 5.41) is 16.5. The number of furan rings is 2. The van der Waals surface area contributed by atoms with Crippen LogP contribution in [-0.2, 0) is 0 Å². The molecule has 9 rings (SSSR count). The lowest BCUT2D eigenvalue weighted by molar-refractivity contribution is 0.665. The summed E-state index contributed by atoms with van der Waals surface area (Å²) in [6.07, 6.45) is 0. The van der Waals surface area contributed by atoms with Crippen molar-refractivity contribution in [3.05, 3.63) is 127 Å². The zero-order valence-electron chi connectivity index (χ0n) is 21.8. The number of aromatic nitrogens is 1. The standard InChI is InChI=1S/C37H20N2O2/c38-21-22-19-20-26(25-12-8-18-33-34(25)27-11-3-6-17-32(27)40-33)35-28-13-7-16-31(37(28)41-36(22)35)39-29-14-4-1-9-23(29)24-10-2-5-15-30(24)39/h1-20H. The number of rotatable bonds is 2. The van der Waals surface area contributed by atoms with Gasteiger partial charge in [-0.1, -0.05) is 84.9 Å². The molecule has 41 heavy (non-hydrogen) atoms. The predicted molar refractivity (Wildman–Crippen MR) is 165 cm³/mol. The van der Waals surface area contributed by atoms with Crippen LogP contribution in [0.5, 0.6) is 0 Å². The summed E-state index contributed by atoms with van der Waals surface area (Å²) in [4.78, 5) is 0. The van der Waals surface area contributed by atoms with Crippen LogP contribution in [0.25, 0.3) is 82.5 Å². The highest BCUT2D eigenvalue weighted by Gasteiger charge is 2.22. The first-order valence-electron chi connectivity index (χ1n) is 13.6. The van der Waals surface area contributed by atoms with E-state index in [1.54, 1.807) is 0 Å². The number of nitriles is 1. The second-order valence-electron chi connectivity index (χ2n) is 10.4. The predicted octanol–water partition coefficient (Wildman–Crippen LogP) is 10.1. The molecule has 190 valence electrons. The third kappa shape index (κ3) is 2.92.